The predicted molar refractivity (Wildman–Crippen MR) is 70.4 cm³/mol. The number of hydrogen-bond acceptors (Lipinski definition) is 4. The number of carboxylic acid groups (broad SMARTS) is 1. The van der Waals surface area contributed by atoms with Crippen LogP contribution in [0.5, 0.6) is 0 Å². The van der Waals surface area contributed by atoms with E-state index in [1.54, 1.807) is 22.9 Å². The lowest BCUT2D eigenvalue weighted by Crippen LogP contribution is -2.42. The molecular weight excluding hydrogens is 262 g/mol. The smallest absolute Gasteiger partial charge is 0.306 e. The highest BCUT2D eigenvalue weighted by molar-refractivity contribution is 5.92. The fraction of sp³-hybridized carbons (Fsp3) is 0.308. The van der Waals surface area contributed by atoms with Crippen molar-refractivity contribution in [3.05, 3.63) is 36.3 Å². The van der Waals surface area contributed by atoms with E-state index in [9.17, 15) is 14.7 Å². The molecular formula is C13H15N3O4. The van der Waals surface area contributed by atoms with Crippen LogP contribution in [0.3, 0.4) is 0 Å². The van der Waals surface area contributed by atoms with Gasteiger partial charge in [0.2, 0.25) is 0 Å². The van der Waals surface area contributed by atoms with Crippen molar-refractivity contribution in [2.75, 3.05) is 6.54 Å². The summed E-state index contributed by atoms with van der Waals surface area (Å²) in [5, 5.41) is 20.9. The number of aliphatic hydroxyl groups is 1. The lowest BCUT2D eigenvalue weighted by Gasteiger charge is -2.20. The number of hydrogen-bond donors (Lipinski definition) is 3. The topological polar surface area (TPSA) is 104 Å². The number of nitrogens with one attached hydrogen (secondary N) is 1. The van der Waals surface area contributed by atoms with E-state index < -0.39 is 23.9 Å². The average Bonchev–Trinajstić information content (AvgIpc) is 2.78. The van der Waals surface area contributed by atoms with Gasteiger partial charge in [-0.2, -0.15) is 0 Å². The molecule has 0 aliphatic rings. The molecule has 0 spiro atoms. The summed E-state index contributed by atoms with van der Waals surface area (Å²) in [5.41, 5.74) is -0.655. The van der Waals surface area contributed by atoms with Crippen LogP contribution in [0.25, 0.3) is 5.65 Å². The second-order valence-corrected chi connectivity index (χ2v) is 4.84. The Morgan fingerprint density at radius 1 is 1.45 bits per heavy atom. The highest BCUT2D eigenvalue weighted by Crippen LogP contribution is 2.09. The van der Waals surface area contributed by atoms with Crippen molar-refractivity contribution in [2.45, 2.75) is 18.9 Å². The van der Waals surface area contributed by atoms with Gasteiger partial charge in [-0.25, -0.2) is 4.98 Å². The quantitative estimate of drug-likeness (QED) is 0.728. The van der Waals surface area contributed by atoms with Gasteiger partial charge in [-0.1, -0.05) is 6.07 Å². The van der Waals surface area contributed by atoms with Crippen molar-refractivity contribution in [1.29, 1.82) is 0 Å². The summed E-state index contributed by atoms with van der Waals surface area (Å²) in [5.74, 6) is -1.59. The van der Waals surface area contributed by atoms with Gasteiger partial charge in [0.1, 0.15) is 11.3 Å². The molecule has 0 bridgehead atoms. The van der Waals surface area contributed by atoms with Crippen molar-refractivity contribution in [3.63, 3.8) is 0 Å². The van der Waals surface area contributed by atoms with Gasteiger partial charge in [-0.05, 0) is 19.1 Å². The normalized spacial score (nSPS) is 13.9. The third-order valence-corrected chi connectivity index (χ3v) is 2.76. The third-order valence-electron chi connectivity index (χ3n) is 2.76. The molecule has 7 heteroatoms. The summed E-state index contributed by atoms with van der Waals surface area (Å²) >= 11 is 0. The number of aliphatic carboxylic acids is 1. The SMILES string of the molecule is CC(O)(CNC(=O)c1cn2ccccc2n1)CC(=O)O. The number of pyridine rings is 1. The second-order valence-electron chi connectivity index (χ2n) is 4.84. The van der Waals surface area contributed by atoms with Gasteiger partial charge in [-0.15, -0.1) is 0 Å². The molecule has 0 aromatic carbocycles. The molecule has 106 valence electrons. The van der Waals surface area contributed by atoms with Crippen molar-refractivity contribution < 1.29 is 19.8 Å². The molecule has 2 rings (SSSR count). The minimum atomic E-state index is -1.50. The fourth-order valence-electron chi connectivity index (χ4n) is 1.79. The molecule has 0 radical (unpaired) electrons. The van der Waals surface area contributed by atoms with Crippen molar-refractivity contribution >= 4 is 17.5 Å². The maximum atomic E-state index is 11.9. The van der Waals surface area contributed by atoms with Crippen molar-refractivity contribution in [2.24, 2.45) is 0 Å². The monoisotopic (exact) mass is 277 g/mol. The minimum Gasteiger partial charge on any atom is -0.481 e. The first-order valence-corrected chi connectivity index (χ1v) is 6.03. The van der Waals surface area contributed by atoms with Crippen LogP contribution in [0.4, 0.5) is 0 Å². The molecule has 0 fully saturated rings. The zero-order valence-electron chi connectivity index (χ0n) is 10.9. The summed E-state index contributed by atoms with van der Waals surface area (Å²) < 4.78 is 1.70. The number of carboxylic acids is 1. The molecule has 1 atom stereocenters. The van der Waals surface area contributed by atoms with Crippen LogP contribution >= 0.6 is 0 Å². The first-order valence-electron chi connectivity index (χ1n) is 6.03. The van der Waals surface area contributed by atoms with Gasteiger partial charge in [0.05, 0.1) is 12.0 Å². The molecule has 2 aromatic heterocycles. The lowest BCUT2D eigenvalue weighted by atomic mass is 10.0. The average molecular weight is 277 g/mol. The zero-order valence-corrected chi connectivity index (χ0v) is 10.9. The van der Waals surface area contributed by atoms with E-state index in [-0.39, 0.29) is 12.2 Å². The molecule has 1 unspecified atom stereocenters. The van der Waals surface area contributed by atoms with E-state index in [2.05, 4.69) is 10.3 Å². The standard InChI is InChI=1S/C13H15N3O4/c1-13(20,6-11(17)18)8-14-12(19)9-7-16-5-3-2-4-10(16)15-9/h2-5,7,20H,6,8H2,1H3,(H,14,19)(H,17,18). The van der Waals surface area contributed by atoms with E-state index in [0.717, 1.165) is 0 Å². The largest absolute Gasteiger partial charge is 0.481 e. The summed E-state index contributed by atoms with van der Waals surface area (Å²) in [6.45, 7) is 1.19. The molecule has 0 saturated carbocycles. The van der Waals surface area contributed by atoms with Crippen LogP contribution < -0.4 is 5.32 Å². The molecule has 2 heterocycles. The molecule has 2 aromatic rings. The number of aromatic nitrogens is 2. The van der Waals surface area contributed by atoms with Crippen LogP contribution in [0.15, 0.2) is 30.6 Å². The van der Waals surface area contributed by atoms with E-state index in [1.807, 2.05) is 12.1 Å². The Hall–Kier alpha value is -2.41. The van der Waals surface area contributed by atoms with Crippen LogP contribution in [-0.2, 0) is 4.79 Å². The van der Waals surface area contributed by atoms with E-state index in [0.29, 0.717) is 5.65 Å². The highest BCUT2D eigenvalue weighted by atomic mass is 16.4. The summed E-state index contributed by atoms with van der Waals surface area (Å²) in [7, 11) is 0. The Balaban J connectivity index is 2.03. The Bertz CT molecular complexity index is 615. The Kier molecular flexibility index (Phi) is 3.71. The summed E-state index contributed by atoms with van der Waals surface area (Å²) in [4.78, 5) is 26.6. The molecule has 3 N–H and O–H groups in total. The first-order chi connectivity index (χ1) is 9.37. The van der Waals surface area contributed by atoms with Crippen molar-refractivity contribution in [3.8, 4) is 0 Å². The third kappa shape index (κ3) is 3.33. The fourth-order valence-corrected chi connectivity index (χ4v) is 1.79. The molecule has 0 saturated heterocycles. The van der Waals surface area contributed by atoms with Crippen LogP contribution in [0, 0.1) is 0 Å². The maximum Gasteiger partial charge on any atom is 0.306 e. The first kappa shape index (κ1) is 14.0. The van der Waals surface area contributed by atoms with Gasteiger partial charge in [-0.3, -0.25) is 9.59 Å². The molecule has 20 heavy (non-hydrogen) atoms. The van der Waals surface area contributed by atoms with Gasteiger partial charge in [0, 0.05) is 18.9 Å². The molecule has 0 aliphatic heterocycles. The van der Waals surface area contributed by atoms with Crippen LogP contribution in [0.2, 0.25) is 0 Å². The number of rotatable bonds is 5. The Morgan fingerprint density at radius 3 is 2.85 bits per heavy atom. The second kappa shape index (κ2) is 5.30. The minimum absolute atomic E-state index is 0.161. The van der Waals surface area contributed by atoms with Crippen molar-refractivity contribution in [1.82, 2.24) is 14.7 Å². The number of nitrogens with zero attached hydrogens (tertiary/aromatic N) is 2. The van der Waals surface area contributed by atoms with Gasteiger partial charge in [0.15, 0.2) is 0 Å². The van der Waals surface area contributed by atoms with Gasteiger partial charge < -0.3 is 19.9 Å². The lowest BCUT2D eigenvalue weighted by molar-refractivity contribution is -0.141. The van der Waals surface area contributed by atoms with Crippen LogP contribution in [0.1, 0.15) is 23.8 Å². The Morgan fingerprint density at radius 2 is 2.20 bits per heavy atom. The van der Waals surface area contributed by atoms with Crippen LogP contribution in [-0.4, -0.2) is 43.6 Å². The zero-order chi connectivity index (χ0) is 14.8. The number of fused-ring (bicyclic) bond motifs is 1. The van der Waals surface area contributed by atoms with Gasteiger partial charge >= 0.3 is 5.97 Å². The highest BCUT2D eigenvalue weighted by Gasteiger charge is 2.25. The maximum absolute atomic E-state index is 11.9. The molecule has 1 amide bonds. The Labute approximate surface area is 114 Å². The molecule has 7 nitrogen and oxygen atoms in total. The number of carbonyl (C=O) groups excluding carboxylic acids is 1. The number of carbonyl (C=O) groups is 2. The summed E-state index contributed by atoms with van der Waals surface area (Å²) in [6, 6.07) is 5.38. The van der Waals surface area contributed by atoms with E-state index >= 15 is 0 Å². The van der Waals surface area contributed by atoms with Gasteiger partial charge in [0.25, 0.3) is 5.91 Å². The number of imidazole rings is 1. The van der Waals surface area contributed by atoms with E-state index in [1.165, 1.54) is 6.92 Å². The summed E-state index contributed by atoms with van der Waals surface area (Å²) in [6.07, 6.45) is 2.88. The molecule has 0 aliphatic carbocycles. The number of amides is 1. The predicted octanol–water partition coefficient (Wildman–Crippen LogP) is 0.290. The van der Waals surface area contributed by atoms with E-state index in [4.69, 9.17) is 5.11 Å².